The van der Waals surface area contributed by atoms with Gasteiger partial charge in [-0.25, -0.2) is 4.98 Å². The van der Waals surface area contributed by atoms with Gasteiger partial charge in [-0.1, -0.05) is 38.1 Å². The highest BCUT2D eigenvalue weighted by Crippen LogP contribution is 2.21. The second-order valence-corrected chi connectivity index (χ2v) is 6.25. The first kappa shape index (κ1) is 14.0. The van der Waals surface area contributed by atoms with Crippen molar-refractivity contribution in [1.29, 1.82) is 0 Å². The summed E-state index contributed by atoms with van der Waals surface area (Å²) < 4.78 is 1.69. The molecule has 0 aliphatic rings. The fourth-order valence-electron chi connectivity index (χ4n) is 2.37. The number of rotatable bonds is 4. The first-order valence-corrected chi connectivity index (χ1v) is 8.08. The Morgan fingerprint density at radius 1 is 1.10 bits per heavy atom. The lowest BCUT2D eigenvalue weighted by atomic mass is 10.1. The molecule has 0 bridgehead atoms. The van der Waals surface area contributed by atoms with Crippen LogP contribution in [0.5, 0.6) is 0 Å². The maximum Gasteiger partial charge on any atom is 0.262 e. The van der Waals surface area contributed by atoms with E-state index < -0.39 is 0 Å². The van der Waals surface area contributed by atoms with Crippen LogP contribution >= 0.6 is 11.3 Å². The van der Waals surface area contributed by atoms with E-state index in [9.17, 15) is 4.79 Å². The molecule has 21 heavy (non-hydrogen) atoms. The predicted molar refractivity (Wildman–Crippen MR) is 88.2 cm³/mol. The maximum atomic E-state index is 12.5. The van der Waals surface area contributed by atoms with Gasteiger partial charge in [0.1, 0.15) is 4.83 Å². The van der Waals surface area contributed by atoms with Gasteiger partial charge < -0.3 is 0 Å². The lowest BCUT2D eigenvalue weighted by Crippen LogP contribution is -2.20. The summed E-state index contributed by atoms with van der Waals surface area (Å²) in [4.78, 5) is 19.0. The monoisotopic (exact) mass is 298 g/mol. The van der Waals surface area contributed by atoms with Gasteiger partial charge in [0.25, 0.3) is 5.56 Å². The van der Waals surface area contributed by atoms with Crippen molar-refractivity contribution in [3.05, 3.63) is 63.0 Å². The molecule has 0 aliphatic carbocycles. The van der Waals surface area contributed by atoms with Crippen molar-refractivity contribution >= 4 is 21.6 Å². The van der Waals surface area contributed by atoms with Crippen molar-refractivity contribution < 1.29 is 0 Å². The van der Waals surface area contributed by atoms with Gasteiger partial charge in [0.2, 0.25) is 0 Å². The molecule has 0 saturated heterocycles. The van der Waals surface area contributed by atoms with Gasteiger partial charge in [-0.2, -0.15) is 0 Å². The third-order valence-electron chi connectivity index (χ3n) is 3.70. The van der Waals surface area contributed by atoms with Crippen LogP contribution in [0.4, 0.5) is 0 Å². The third-order valence-corrected chi connectivity index (χ3v) is 4.89. The highest BCUT2D eigenvalue weighted by atomic mass is 32.1. The highest BCUT2D eigenvalue weighted by molar-refractivity contribution is 7.18. The number of aromatic nitrogens is 2. The number of thiophene rings is 1. The quantitative estimate of drug-likeness (QED) is 0.737. The molecule has 1 aromatic carbocycles. The molecule has 108 valence electrons. The number of benzene rings is 1. The molecule has 4 heteroatoms. The van der Waals surface area contributed by atoms with Crippen LogP contribution in [0, 0.1) is 0 Å². The average molecular weight is 298 g/mol. The minimum absolute atomic E-state index is 0.0514. The van der Waals surface area contributed by atoms with E-state index in [1.165, 1.54) is 10.4 Å². The molecule has 2 aromatic heterocycles. The van der Waals surface area contributed by atoms with Crippen molar-refractivity contribution in [3.8, 4) is 0 Å². The number of nitrogens with zero attached hydrogens (tertiary/aromatic N) is 2. The van der Waals surface area contributed by atoms with E-state index >= 15 is 0 Å². The van der Waals surface area contributed by atoms with Crippen LogP contribution in [0.2, 0.25) is 0 Å². The summed E-state index contributed by atoms with van der Waals surface area (Å²) in [5.41, 5.74) is 2.49. The van der Waals surface area contributed by atoms with Crippen molar-refractivity contribution in [3.63, 3.8) is 0 Å². The van der Waals surface area contributed by atoms with E-state index in [0.717, 1.165) is 28.6 Å². The lowest BCUT2D eigenvalue weighted by Gasteiger charge is -2.06. The van der Waals surface area contributed by atoms with E-state index in [1.54, 1.807) is 22.2 Å². The zero-order valence-electron chi connectivity index (χ0n) is 12.3. The lowest BCUT2D eigenvalue weighted by molar-refractivity contribution is 0.749. The molecule has 2 heterocycles. The summed E-state index contributed by atoms with van der Waals surface area (Å²) in [5, 5.41) is 0.740. The van der Waals surface area contributed by atoms with Crippen molar-refractivity contribution in [2.75, 3.05) is 0 Å². The Labute approximate surface area is 127 Å². The van der Waals surface area contributed by atoms with Gasteiger partial charge >= 0.3 is 0 Å². The molecule has 0 aliphatic heterocycles. The Hall–Kier alpha value is -1.94. The van der Waals surface area contributed by atoms with Crippen LogP contribution in [0.3, 0.4) is 0 Å². The van der Waals surface area contributed by atoms with Crippen LogP contribution < -0.4 is 5.56 Å². The van der Waals surface area contributed by atoms with Gasteiger partial charge in [-0.15, -0.1) is 11.3 Å². The normalized spacial score (nSPS) is 11.1. The van der Waals surface area contributed by atoms with Gasteiger partial charge in [0.15, 0.2) is 0 Å². The van der Waals surface area contributed by atoms with Gasteiger partial charge in [-0.05, 0) is 30.0 Å². The number of hydrogen-bond donors (Lipinski definition) is 0. The Morgan fingerprint density at radius 2 is 1.81 bits per heavy atom. The summed E-state index contributed by atoms with van der Waals surface area (Å²) in [6, 6.07) is 10.4. The Kier molecular flexibility index (Phi) is 3.88. The smallest absolute Gasteiger partial charge is 0.262 e. The van der Waals surface area contributed by atoms with Gasteiger partial charge in [-0.3, -0.25) is 9.36 Å². The minimum Gasteiger partial charge on any atom is -0.294 e. The maximum absolute atomic E-state index is 12.5. The van der Waals surface area contributed by atoms with E-state index in [1.807, 2.05) is 6.07 Å². The molecule has 3 aromatic rings. The highest BCUT2D eigenvalue weighted by Gasteiger charge is 2.08. The molecular weight excluding hydrogens is 280 g/mol. The molecule has 0 radical (unpaired) electrons. The van der Waals surface area contributed by atoms with Crippen molar-refractivity contribution in [2.45, 2.75) is 33.2 Å². The van der Waals surface area contributed by atoms with Crippen LogP contribution in [0.1, 0.15) is 29.9 Å². The summed E-state index contributed by atoms with van der Waals surface area (Å²) in [6.07, 6.45) is 3.63. The molecule has 3 rings (SSSR count). The molecule has 0 N–H and O–H groups in total. The Bertz CT molecular complexity index is 815. The standard InChI is InChI=1S/C17H18N2OS/c1-3-12-5-7-13(8-6-12)10-19-11-18-16-15(17(19)20)9-14(4-2)21-16/h5-9,11H,3-4,10H2,1-2H3. The minimum atomic E-state index is 0.0514. The predicted octanol–water partition coefficient (Wildman–Crippen LogP) is 3.63. The first-order valence-electron chi connectivity index (χ1n) is 7.27. The van der Waals surface area contributed by atoms with Gasteiger partial charge in [0.05, 0.1) is 18.3 Å². The molecule has 0 fully saturated rings. The molecular formula is C17H18N2OS. The number of fused-ring (bicyclic) bond motifs is 1. The Morgan fingerprint density at radius 3 is 2.48 bits per heavy atom. The van der Waals surface area contributed by atoms with E-state index in [2.05, 4.69) is 43.1 Å². The molecule has 0 spiro atoms. The van der Waals surface area contributed by atoms with Crippen LogP contribution in [0.25, 0.3) is 10.2 Å². The van der Waals surface area contributed by atoms with E-state index in [4.69, 9.17) is 0 Å². The topological polar surface area (TPSA) is 34.9 Å². The van der Waals surface area contributed by atoms with Crippen molar-refractivity contribution in [1.82, 2.24) is 9.55 Å². The van der Waals surface area contributed by atoms with Crippen LogP contribution in [-0.2, 0) is 19.4 Å². The largest absolute Gasteiger partial charge is 0.294 e. The average Bonchev–Trinajstić information content (AvgIpc) is 2.95. The van der Waals surface area contributed by atoms with Crippen molar-refractivity contribution in [2.24, 2.45) is 0 Å². The zero-order chi connectivity index (χ0) is 14.8. The molecule has 0 amide bonds. The third kappa shape index (κ3) is 2.76. The fraction of sp³-hybridized carbons (Fsp3) is 0.294. The van der Waals surface area contributed by atoms with Crippen LogP contribution in [-0.4, -0.2) is 9.55 Å². The summed E-state index contributed by atoms with van der Waals surface area (Å²) >= 11 is 1.61. The van der Waals surface area contributed by atoms with Gasteiger partial charge in [0, 0.05) is 4.88 Å². The van der Waals surface area contributed by atoms with Crippen LogP contribution in [0.15, 0.2) is 41.5 Å². The Balaban J connectivity index is 1.96. The SMILES string of the molecule is CCc1ccc(Cn2cnc3sc(CC)cc3c2=O)cc1. The molecule has 3 nitrogen and oxygen atoms in total. The number of aryl methyl sites for hydroxylation is 2. The number of hydrogen-bond acceptors (Lipinski definition) is 3. The molecule has 0 unspecified atom stereocenters. The molecule has 0 saturated carbocycles. The molecule has 0 atom stereocenters. The fourth-order valence-corrected chi connectivity index (χ4v) is 3.30. The van der Waals surface area contributed by atoms with E-state index in [0.29, 0.717) is 6.54 Å². The second-order valence-electron chi connectivity index (χ2n) is 5.13. The summed E-state index contributed by atoms with van der Waals surface area (Å²) in [6.45, 7) is 4.81. The zero-order valence-corrected chi connectivity index (χ0v) is 13.1. The summed E-state index contributed by atoms with van der Waals surface area (Å²) in [5.74, 6) is 0. The first-order chi connectivity index (χ1) is 10.2. The van der Waals surface area contributed by atoms with E-state index in [-0.39, 0.29) is 5.56 Å². The summed E-state index contributed by atoms with van der Waals surface area (Å²) in [7, 11) is 0. The second kappa shape index (κ2) is 5.82.